The molecule has 1 aliphatic rings. The zero-order valence-electron chi connectivity index (χ0n) is 14.1. The highest BCUT2D eigenvalue weighted by molar-refractivity contribution is 7.11. The SMILES string of the molecule is Cc1ccc(CCNC(=O)CC[C@H](C)N2CCN(C)CC2)s1. The number of nitrogens with zero attached hydrogens (tertiary/aromatic N) is 2. The average Bonchev–Trinajstić information content (AvgIpc) is 2.91. The van der Waals surface area contributed by atoms with Crippen molar-refractivity contribution in [1.82, 2.24) is 15.1 Å². The van der Waals surface area contributed by atoms with Gasteiger partial charge < -0.3 is 10.2 Å². The van der Waals surface area contributed by atoms with Crippen LogP contribution in [0.1, 0.15) is 29.5 Å². The van der Waals surface area contributed by atoms with Gasteiger partial charge in [0.2, 0.25) is 5.91 Å². The van der Waals surface area contributed by atoms with Gasteiger partial charge >= 0.3 is 0 Å². The highest BCUT2D eigenvalue weighted by Crippen LogP contribution is 2.15. The number of hydrogen-bond donors (Lipinski definition) is 1. The molecule has 2 rings (SSSR count). The maximum Gasteiger partial charge on any atom is 0.220 e. The van der Waals surface area contributed by atoms with E-state index in [-0.39, 0.29) is 5.91 Å². The Morgan fingerprint density at radius 3 is 2.68 bits per heavy atom. The van der Waals surface area contributed by atoms with Crippen molar-refractivity contribution < 1.29 is 4.79 Å². The number of likely N-dealkylation sites (N-methyl/N-ethyl adjacent to an activating group) is 1. The van der Waals surface area contributed by atoms with Gasteiger partial charge in [-0.25, -0.2) is 0 Å². The topological polar surface area (TPSA) is 35.6 Å². The summed E-state index contributed by atoms with van der Waals surface area (Å²) in [5.74, 6) is 0.189. The van der Waals surface area contributed by atoms with E-state index >= 15 is 0 Å². The molecular weight excluding hydrogens is 294 g/mol. The van der Waals surface area contributed by atoms with Crippen molar-refractivity contribution >= 4 is 17.2 Å². The van der Waals surface area contributed by atoms with E-state index in [2.05, 4.69) is 48.1 Å². The zero-order chi connectivity index (χ0) is 15.9. The van der Waals surface area contributed by atoms with E-state index in [0.717, 1.165) is 45.6 Å². The molecule has 1 aliphatic heterocycles. The molecule has 1 fully saturated rings. The van der Waals surface area contributed by atoms with Gasteiger partial charge in [-0.3, -0.25) is 9.69 Å². The van der Waals surface area contributed by atoms with Crippen LogP contribution in [0.15, 0.2) is 12.1 Å². The molecule has 0 saturated carbocycles. The molecule has 4 nitrogen and oxygen atoms in total. The fourth-order valence-electron chi connectivity index (χ4n) is 2.82. The minimum absolute atomic E-state index is 0.189. The Balaban J connectivity index is 1.58. The van der Waals surface area contributed by atoms with Crippen molar-refractivity contribution in [3.05, 3.63) is 21.9 Å². The molecule has 2 heterocycles. The van der Waals surface area contributed by atoms with E-state index in [1.807, 2.05) is 11.3 Å². The number of rotatable bonds is 7. The predicted molar refractivity (Wildman–Crippen MR) is 93.5 cm³/mol. The lowest BCUT2D eigenvalue weighted by Gasteiger charge is -2.36. The molecule has 0 radical (unpaired) electrons. The summed E-state index contributed by atoms with van der Waals surface area (Å²) in [6.07, 6.45) is 2.53. The van der Waals surface area contributed by atoms with Crippen molar-refractivity contribution in [2.45, 2.75) is 39.2 Å². The summed E-state index contributed by atoms with van der Waals surface area (Å²) in [4.78, 5) is 19.5. The largest absolute Gasteiger partial charge is 0.356 e. The van der Waals surface area contributed by atoms with Gasteiger partial charge in [0, 0.05) is 54.9 Å². The number of amides is 1. The molecular formula is C17H29N3OS. The Bertz CT molecular complexity index is 466. The van der Waals surface area contributed by atoms with Gasteiger partial charge in [-0.1, -0.05) is 0 Å². The number of hydrogen-bond acceptors (Lipinski definition) is 4. The average molecular weight is 324 g/mol. The Morgan fingerprint density at radius 1 is 1.32 bits per heavy atom. The number of carbonyl (C=O) groups excluding carboxylic acids is 1. The molecule has 1 saturated heterocycles. The van der Waals surface area contributed by atoms with Crippen LogP contribution >= 0.6 is 11.3 Å². The lowest BCUT2D eigenvalue weighted by molar-refractivity contribution is -0.121. The van der Waals surface area contributed by atoms with E-state index in [0.29, 0.717) is 12.5 Å². The van der Waals surface area contributed by atoms with Crippen LogP contribution in [0.3, 0.4) is 0 Å². The minimum Gasteiger partial charge on any atom is -0.356 e. The number of piperazine rings is 1. The van der Waals surface area contributed by atoms with Gasteiger partial charge in [0.15, 0.2) is 0 Å². The van der Waals surface area contributed by atoms with E-state index in [4.69, 9.17) is 0 Å². The third-order valence-electron chi connectivity index (χ3n) is 4.44. The van der Waals surface area contributed by atoms with Crippen LogP contribution in [0, 0.1) is 6.92 Å². The minimum atomic E-state index is 0.189. The summed E-state index contributed by atoms with van der Waals surface area (Å²) in [5.41, 5.74) is 0. The van der Waals surface area contributed by atoms with E-state index in [1.165, 1.54) is 9.75 Å². The first-order chi connectivity index (χ1) is 10.5. The van der Waals surface area contributed by atoms with Gasteiger partial charge in [-0.2, -0.15) is 0 Å². The van der Waals surface area contributed by atoms with Crippen LogP contribution in [-0.4, -0.2) is 61.5 Å². The lowest BCUT2D eigenvalue weighted by atomic mass is 10.1. The molecule has 22 heavy (non-hydrogen) atoms. The third-order valence-corrected chi connectivity index (χ3v) is 5.50. The Labute approximate surface area is 138 Å². The summed E-state index contributed by atoms with van der Waals surface area (Å²) < 4.78 is 0. The highest BCUT2D eigenvalue weighted by atomic mass is 32.1. The van der Waals surface area contributed by atoms with Crippen molar-refractivity contribution in [2.24, 2.45) is 0 Å². The Morgan fingerprint density at radius 2 is 2.05 bits per heavy atom. The molecule has 0 bridgehead atoms. The monoisotopic (exact) mass is 323 g/mol. The third kappa shape index (κ3) is 5.71. The first kappa shape index (κ1) is 17.4. The molecule has 1 amide bonds. The summed E-state index contributed by atoms with van der Waals surface area (Å²) in [7, 11) is 2.17. The zero-order valence-corrected chi connectivity index (χ0v) is 14.9. The first-order valence-corrected chi connectivity index (χ1v) is 9.11. The standard InChI is InChI=1S/C17H29N3OS/c1-14(20-12-10-19(3)11-13-20)4-7-17(21)18-9-8-16-6-5-15(2)22-16/h5-6,14H,4,7-13H2,1-3H3,(H,18,21)/t14-/m0/s1. The molecule has 1 atom stereocenters. The molecule has 0 unspecified atom stereocenters. The predicted octanol–water partition coefficient (Wildman–Crippen LogP) is 2.13. The Kier molecular flexibility index (Phi) is 6.86. The summed E-state index contributed by atoms with van der Waals surface area (Å²) in [6.45, 7) is 9.63. The quantitative estimate of drug-likeness (QED) is 0.835. The summed E-state index contributed by atoms with van der Waals surface area (Å²) >= 11 is 1.81. The summed E-state index contributed by atoms with van der Waals surface area (Å²) in [5, 5.41) is 3.05. The number of carbonyl (C=O) groups is 1. The molecule has 124 valence electrons. The molecule has 1 aromatic heterocycles. The van der Waals surface area contributed by atoms with Crippen molar-refractivity contribution in [3.8, 4) is 0 Å². The van der Waals surface area contributed by atoms with Crippen LogP contribution in [0.2, 0.25) is 0 Å². The second-order valence-electron chi connectivity index (χ2n) is 6.34. The fraction of sp³-hybridized carbons (Fsp3) is 0.706. The summed E-state index contributed by atoms with van der Waals surface area (Å²) in [6, 6.07) is 4.79. The second kappa shape index (κ2) is 8.65. The van der Waals surface area contributed by atoms with Gasteiger partial charge in [0.05, 0.1) is 0 Å². The van der Waals surface area contributed by atoms with Crippen LogP contribution in [0.4, 0.5) is 0 Å². The molecule has 1 N–H and O–H groups in total. The highest BCUT2D eigenvalue weighted by Gasteiger charge is 2.19. The number of thiophene rings is 1. The molecule has 0 aromatic carbocycles. The van der Waals surface area contributed by atoms with Crippen molar-refractivity contribution in [1.29, 1.82) is 0 Å². The fourth-order valence-corrected chi connectivity index (χ4v) is 3.71. The lowest BCUT2D eigenvalue weighted by Crippen LogP contribution is -2.48. The second-order valence-corrected chi connectivity index (χ2v) is 7.71. The van der Waals surface area contributed by atoms with Gasteiger partial charge in [0.1, 0.15) is 0 Å². The Hall–Kier alpha value is -0.910. The van der Waals surface area contributed by atoms with E-state index < -0.39 is 0 Å². The smallest absolute Gasteiger partial charge is 0.220 e. The molecule has 0 aliphatic carbocycles. The van der Waals surface area contributed by atoms with Gasteiger partial charge in [0.25, 0.3) is 0 Å². The van der Waals surface area contributed by atoms with Crippen LogP contribution in [0.25, 0.3) is 0 Å². The molecule has 0 spiro atoms. The normalized spacial score (nSPS) is 18.3. The van der Waals surface area contributed by atoms with Gasteiger partial charge in [-0.05, 0) is 45.9 Å². The molecule has 5 heteroatoms. The van der Waals surface area contributed by atoms with Crippen molar-refractivity contribution in [2.75, 3.05) is 39.8 Å². The van der Waals surface area contributed by atoms with Crippen molar-refractivity contribution in [3.63, 3.8) is 0 Å². The maximum absolute atomic E-state index is 11.9. The molecule has 1 aromatic rings. The van der Waals surface area contributed by atoms with Gasteiger partial charge in [-0.15, -0.1) is 11.3 Å². The van der Waals surface area contributed by atoms with E-state index in [1.54, 1.807) is 0 Å². The number of nitrogens with one attached hydrogen (secondary N) is 1. The number of aryl methyl sites for hydroxylation is 1. The van der Waals surface area contributed by atoms with E-state index in [9.17, 15) is 4.79 Å². The first-order valence-electron chi connectivity index (χ1n) is 8.29. The van der Waals surface area contributed by atoms with Crippen LogP contribution < -0.4 is 5.32 Å². The van der Waals surface area contributed by atoms with Crippen LogP contribution in [-0.2, 0) is 11.2 Å². The van der Waals surface area contributed by atoms with Crippen LogP contribution in [0.5, 0.6) is 0 Å². The maximum atomic E-state index is 11.9.